The lowest BCUT2D eigenvalue weighted by Gasteiger charge is -2.37. The van der Waals surface area contributed by atoms with E-state index in [0.717, 1.165) is 38.5 Å². The summed E-state index contributed by atoms with van der Waals surface area (Å²) in [7, 11) is 0. The Balaban J connectivity index is 1.23. The second-order valence-electron chi connectivity index (χ2n) is 9.90. The zero-order valence-electron chi connectivity index (χ0n) is 19.3. The number of aromatic carboxylic acids is 1. The van der Waals surface area contributed by atoms with Crippen LogP contribution < -0.4 is 5.32 Å². The van der Waals surface area contributed by atoms with Crippen LogP contribution in [0.2, 0.25) is 0 Å². The van der Waals surface area contributed by atoms with Gasteiger partial charge in [-0.2, -0.15) is 4.98 Å². The number of carboxylic acids is 1. The molecule has 3 aliphatic rings. The number of pyridine rings is 1. The Labute approximate surface area is 202 Å². The van der Waals surface area contributed by atoms with Crippen LogP contribution in [0, 0.1) is 0 Å². The number of piperidine rings is 1. The maximum absolute atomic E-state index is 13.1. The molecule has 0 radical (unpaired) electrons. The van der Waals surface area contributed by atoms with Gasteiger partial charge in [-0.05, 0) is 56.7 Å². The van der Waals surface area contributed by atoms with Gasteiger partial charge in [0, 0.05) is 35.9 Å². The van der Waals surface area contributed by atoms with Gasteiger partial charge >= 0.3 is 5.97 Å². The number of carbonyl (C=O) groups excluding carboxylic acids is 1. The molecule has 1 unspecified atom stereocenters. The van der Waals surface area contributed by atoms with Gasteiger partial charge in [-0.25, -0.2) is 14.8 Å². The molecule has 35 heavy (non-hydrogen) atoms. The van der Waals surface area contributed by atoms with Crippen molar-refractivity contribution in [2.45, 2.75) is 75.6 Å². The van der Waals surface area contributed by atoms with Gasteiger partial charge in [-0.1, -0.05) is 12.8 Å². The number of rotatable bonds is 5. The average Bonchev–Trinajstić information content (AvgIpc) is 3.55. The Bertz CT molecular complexity index is 1270. The van der Waals surface area contributed by atoms with Gasteiger partial charge in [0.25, 0.3) is 5.91 Å². The van der Waals surface area contributed by atoms with Gasteiger partial charge in [0.2, 0.25) is 5.95 Å². The number of amides is 1. The molecule has 1 saturated carbocycles. The van der Waals surface area contributed by atoms with Crippen molar-refractivity contribution in [2.75, 3.05) is 5.32 Å². The minimum Gasteiger partial charge on any atom is -0.477 e. The number of hydrogen-bond acceptors (Lipinski definition) is 7. The van der Waals surface area contributed by atoms with Crippen LogP contribution in [0.1, 0.15) is 78.3 Å². The maximum Gasteiger partial charge on any atom is 0.352 e. The van der Waals surface area contributed by atoms with Crippen molar-refractivity contribution in [3.63, 3.8) is 0 Å². The number of carboxylic acid groups (broad SMARTS) is 1. The van der Waals surface area contributed by atoms with Gasteiger partial charge in [-0.3, -0.25) is 4.79 Å². The van der Waals surface area contributed by atoms with Crippen LogP contribution in [0.15, 0.2) is 30.6 Å². The highest BCUT2D eigenvalue weighted by Crippen LogP contribution is 2.37. The van der Waals surface area contributed by atoms with Crippen molar-refractivity contribution in [3.8, 4) is 0 Å². The third-order valence-electron chi connectivity index (χ3n) is 7.68. The van der Waals surface area contributed by atoms with Crippen molar-refractivity contribution in [1.82, 2.24) is 24.4 Å². The topological polar surface area (TPSA) is 133 Å². The summed E-state index contributed by atoms with van der Waals surface area (Å²) >= 11 is 0. The second-order valence-corrected chi connectivity index (χ2v) is 9.90. The zero-order valence-corrected chi connectivity index (χ0v) is 19.3. The third kappa shape index (κ3) is 3.91. The molecule has 10 nitrogen and oxygen atoms in total. The Morgan fingerprint density at radius 3 is 2.37 bits per heavy atom. The predicted octanol–water partition coefficient (Wildman–Crippen LogP) is 3.51. The molecule has 3 aromatic heterocycles. The molecular formula is C25H28N6O4. The van der Waals surface area contributed by atoms with Gasteiger partial charge in [0.05, 0.1) is 11.7 Å². The fraction of sp³-hybridized carbons (Fsp3) is 0.480. The summed E-state index contributed by atoms with van der Waals surface area (Å²) < 4.78 is 1.83. The molecule has 6 rings (SSSR count). The second kappa shape index (κ2) is 8.60. The van der Waals surface area contributed by atoms with Crippen molar-refractivity contribution in [2.24, 2.45) is 0 Å². The summed E-state index contributed by atoms with van der Waals surface area (Å²) in [5.41, 5.74) is 1.35. The first kappa shape index (κ1) is 22.0. The molecule has 10 heteroatoms. The SMILES string of the molecule is O=C(O)c1cc2cnc(Nc3ccc(C(=O)N4[C@@H]5CC[C@H]4CC(O)C5)cn3)nc2n1C1CCCC1. The third-order valence-corrected chi connectivity index (χ3v) is 7.68. The molecule has 1 aliphatic carbocycles. The van der Waals surface area contributed by atoms with Crippen LogP contribution in [0.4, 0.5) is 11.8 Å². The first-order valence-corrected chi connectivity index (χ1v) is 12.3. The Hall–Kier alpha value is -3.53. The average molecular weight is 477 g/mol. The standard InChI is InChI=1S/C25H28N6O4/c32-19-10-17-6-7-18(11-19)30(17)23(33)14-5-8-21(26-12-14)28-25-27-13-15-9-20(24(34)35)31(22(15)29-25)16-3-1-2-4-16/h5,8-9,12-13,16-19,32H,1-4,6-7,10-11H2,(H,34,35)(H,26,27,28,29)/t17-,18+,19?. The molecule has 0 aromatic carbocycles. The van der Waals surface area contributed by atoms with Crippen molar-refractivity contribution < 1.29 is 19.8 Å². The number of hydrogen-bond donors (Lipinski definition) is 3. The Morgan fingerprint density at radius 2 is 1.71 bits per heavy atom. The number of aliphatic hydroxyl groups excluding tert-OH is 1. The molecule has 182 valence electrons. The van der Waals surface area contributed by atoms with E-state index in [2.05, 4.69) is 20.3 Å². The molecule has 2 saturated heterocycles. The van der Waals surface area contributed by atoms with Gasteiger partial charge in [0.1, 0.15) is 17.2 Å². The molecule has 2 bridgehead atoms. The summed E-state index contributed by atoms with van der Waals surface area (Å²) in [6.45, 7) is 0. The molecule has 3 N–H and O–H groups in total. The zero-order chi connectivity index (χ0) is 24.1. The van der Waals surface area contributed by atoms with E-state index in [1.54, 1.807) is 30.6 Å². The van der Waals surface area contributed by atoms with Crippen molar-refractivity contribution in [3.05, 3.63) is 41.9 Å². The molecule has 2 aliphatic heterocycles. The summed E-state index contributed by atoms with van der Waals surface area (Å²) in [5, 5.41) is 23.5. The van der Waals surface area contributed by atoms with E-state index in [-0.39, 0.29) is 35.8 Å². The number of carbonyl (C=O) groups is 2. The minimum atomic E-state index is -0.969. The molecular weight excluding hydrogens is 448 g/mol. The molecule has 3 atom stereocenters. The van der Waals surface area contributed by atoms with Gasteiger partial charge < -0.3 is 25.0 Å². The van der Waals surface area contributed by atoms with Gasteiger partial charge in [0.15, 0.2) is 0 Å². The van der Waals surface area contributed by atoms with Crippen LogP contribution in [0.5, 0.6) is 0 Å². The number of aromatic nitrogens is 4. The normalized spacial score (nSPS) is 24.3. The minimum absolute atomic E-state index is 0.0447. The first-order chi connectivity index (χ1) is 17.0. The van der Waals surface area contributed by atoms with Crippen LogP contribution in [-0.2, 0) is 0 Å². The summed E-state index contributed by atoms with van der Waals surface area (Å²) in [6.07, 6.45) is 10.0. The molecule has 3 fully saturated rings. The quantitative estimate of drug-likeness (QED) is 0.509. The van der Waals surface area contributed by atoms with Crippen LogP contribution in [-0.4, -0.2) is 64.7 Å². The molecule has 3 aromatic rings. The Morgan fingerprint density at radius 1 is 0.971 bits per heavy atom. The van der Waals surface area contributed by atoms with Crippen LogP contribution in [0.3, 0.4) is 0 Å². The van der Waals surface area contributed by atoms with E-state index in [4.69, 9.17) is 0 Å². The smallest absolute Gasteiger partial charge is 0.352 e. The Kier molecular flexibility index (Phi) is 5.40. The number of nitrogens with zero attached hydrogens (tertiary/aromatic N) is 5. The van der Waals surface area contributed by atoms with E-state index in [1.807, 2.05) is 9.47 Å². The number of nitrogens with one attached hydrogen (secondary N) is 1. The predicted molar refractivity (Wildman–Crippen MR) is 128 cm³/mol. The number of anilines is 2. The van der Waals surface area contributed by atoms with Crippen molar-refractivity contribution >= 4 is 34.7 Å². The highest BCUT2D eigenvalue weighted by molar-refractivity contribution is 5.95. The van der Waals surface area contributed by atoms with E-state index < -0.39 is 5.97 Å². The maximum atomic E-state index is 13.1. The summed E-state index contributed by atoms with van der Waals surface area (Å²) in [6, 6.07) is 5.41. The summed E-state index contributed by atoms with van der Waals surface area (Å²) in [4.78, 5) is 40.2. The first-order valence-electron chi connectivity index (χ1n) is 12.3. The fourth-order valence-corrected chi connectivity index (χ4v) is 6.10. The molecule has 5 heterocycles. The molecule has 0 spiro atoms. The fourth-order valence-electron chi connectivity index (χ4n) is 6.10. The lowest BCUT2D eigenvalue weighted by molar-refractivity contribution is 0.0286. The highest BCUT2D eigenvalue weighted by Gasteiger charge is 2.43. The van der Waals surface area contributed by atoms with E-state index >= 15 is 0 Å². The van der Waals surface area contributed by atoms with E-state index in [0.29, 0.717) is 41.2 Å². The van der Waals surface area contributed by atoms with Crippen molar-refractivity contribution in [1.29, 1.82) is 0 Å². The van der Waals surface area contributed by atoms with Gasteiger partial charge in [-0.15, -0.1) is 0 Å². The van der Waals surface area contributed by atoms with Crippen LogP contribution in [0.25, 0.3) is 11.0 Å². The van der Waals surface area contributed by atoms with E-state index in [9.17, 15) is 19.8 Å². The lowest BCUT2D eigenvalue weighted by atomic mass is 9.99. The lowest BCUT2D eigenvalue weighted by Crippen LogP contribution is -2.48. The van der Waals surface area contributed by atoms with E-state index in [1.165, 1.54) is 0 Å². The monoisotopic (exact) mass is 476 g/mol. The molecule has 1 amide bonds. The highest BCUT2D eigenvalue weighted by atomic mass is 16.4. The van der Waals surface area contributed by atoms with Crippen LogP contribution >= 0.6 is 0 Å². The summed E-state index contributed by atoms with van der Waals surface area (Å²) in [5.74, 6) is -0.198. The largest absolute Gasteiger partial charge is 0.477 e. The number of fused-ring (bicyclic) bond motifs is 3. The number of aliphatic hydroxyl groups is 1.